The Morgan fingerprint density at radius 1 is 1.36 bits per heavy atom. The van der Waals surface area contributed by atoms with Crippen molar-refractivity contribution in [2.24, 2.45) is 0 Å². The Bertz CT molecular complexity index is 313. The van der Waals surface area contributed by atoms with E-state index in [1.165, 1.54) is 31.4 Å². The van der Waals surface area contributed by atoms with Gasteiger partial charge in [0.05, 0.1) is 5.69 Å². The van der Waals surface area contributed by atoms with Crippen molar-refractivity contribution in [3.63, 3.8) is 0 Å². The third-order valence-corrected chi connectivity index (χ3v) is 3.26. The lowest BCUT2D eigenvalue weighted by molar-refractivity contribution is 0.455. The first-order valence-corrected chi connectivity index (χ1v) is 6.14. The van der Waals surface area contributed by atoms with Gasteiger partial charge in [0.1, 0.15) is 5.76 Å². The predicted octanol–water partition coefficient (Wildman–Crippen LogP) is 4.22. The largest absolute Gasteiger partial charge is 0.436 e. The molecule has 1 heterocycles. The molecule has 1 aromatic rings. The van der Waals surface area contributed by atoms with Crippen LogP contribution in [0.5, 0.6) is 0 Å². The van der Waals surface area contributed by atoms with E-state index in [2.05, 4.69) is 34.8 Å². The molecule has 0 N–H and O–H groups in total. The number of hydrogen-bond donors (Lipinski definition) is 0. The zero-order chi connectivity index (χ0) is 10.1. The van der Waals surface area contributed by atoms with Gasteiger partial charge in [0.2, 0.25) is 0 Å². The fourth-order valence-corrected chi connectivity index (χ4v) is 2.59. The number of hydrogen-bond acceptors (Lipinski definition) is 2. The van der Waals surface area contributed by atoms with Gasteiger partial charge in [0.25, 0.3) is 4.80 Å². The minimum Gasteiger partial charge on any atom is -0.436 e. The van der Waals surface area contributed by atoms with E-state index in [4.69, 9.17) is 4.42 Å². The molecule has 14 heavy (non-hydrogen) atoms. The summed E-state index contributed by atoms with van der Waals surface area (Å²) < 4.78 is 5.59. The van der Waals surface area contributed by atoms with E-state index in [9.17, 15) is 0 Å². The number of oxazole rings is 1. The van der Waals surface area contributed by atoms with Gasteiger partial charge in [-0.05, 0) is 12.8 Å². The summed E-state index contributed by atoms with van der Waals surface area (Å²) in [7, 11) is 0. The van der Waals surface area contributed by atoms with E-state index in [-0.39, 0.29) is 0 Å². The Morgan fingerprint density at radius 3 is 2.57 bits per heavy atom. The third kappa shape index (κ3) is 1.88. The molecule has 1 fully saturated rings. The molecule has 2 rings (SSSR count). The summed E-state index contributed by atoms with van der Waals surface area (Å²) in [6.07, 6.45) is 5.23. The van der Waals surface area contributed by atoms with Crippen LogP contribution in [0.2, 0.25) is 0 Å². The molecule has 1 aliphatic carbocycles. The Kier molecular flexibility index (Phi) is 2.96. The highest BCUT2D eigenvalue weighted by Crippen LogP contribution is 2.38. The molecule has 1 saturated carbocycles. The Labute approximate surface area is 93.2 Å². The normalized spacial score (nSPS) is 18.3. The van der Waals surface area contributed by atoms with Gasteiger partial charge in [-0.15, -0.1) is 0 Å². The van der Waals surface area contributed by atoms with Gasteiger partial charge in [-0.3, -0.25) is 0 Å². The highest BCUT2D eigenvalue weighted by molar-refractivity contribution is 9.10. The fraction of sp³-hybridized carbons (Fsp3) is 0.727. The van der Waals surface area contributed by atoms with Gasteiger partial charge in [0, 0.05) is 27.8 Å². The van der Waals surface area contributed by atoms with Crippen molar-refractivity contribution in [2.45, 2.75) is 51.4 Å². The first-order chi connectivity index (χ1) is 6.68. The van der Waals surface area contributed by atoms with E-state index < -0.39 is 0 Å². The molecule has 0 amide bonds. The number of rotatable bonds is 2. The molecule has 0 unspecified atom stereocenters. The van der Waals surface area contributed by atoms with Crippen LogP contribution < -0.4 is 0 Å². The Morgan fingerprint density at radius 2 is 2.00 bits per heavy atom. The standard InChI is InChI=1S/C11H16BrNO/c1-7(2)10-9(13-11(12)14-10)8-5-3-4-6-8/h7-8H,3-6H2,1-2H3. The van der Waals surface area contributed by atoms with Crippen molar-refractivity contribution >= 4 is 15.9 Å². The van der Waals surface area contributed by atoms with E-state index in [0.717, 1.165) is 5.76 Å². The maximum atomic E-state index is 5.59. The maximum absolute atomic E-state index is 5.59. The first kappa shape index (κ1) is 10.2. The van der Waals surface area contributed by atoms with E-state index in [0.29, 0.717) is 16.6 Å². The molecule has 2 nitrogen and oxygen atoms in total. The SMILES string of the molecule is CC(C)c1oc(Br)nc1C1CCCC1. The van der Waals surface area contributed by atoms with Crippen LogP contribution in [0.3, 0.4) is 0 Å². The highest BCUT2D eigenvalue weighted by Gasteiger charge is 2.25. The molecule has 3 heteroatoms. The minimum atomic E-state index is 0.435. The molecule has 1 aromatic heterocycles. The van der Waals surface area contributed by atoms with Crippen LogP contribution in [0.1, 0.15) is 62.8 Å². The van der Waals surface area contributed by atoms with Crippen LogP contribution in [-0.2, 0) is 0 Å². The average molecular weight is 258 g/mol. The minimum absolute atomic E-state index is 0.435. The van der Waals surface area contributed by atoms with Crippen LogP contribution in [-0.4, -0.2) is 4.98 Å². The van der Waals surface area contributed by atoms with Crippen LogP contribution >= 0.6 is 15.9 Å². The molecule has 78 valence electrons. The number of halogens is 1. The average Bonchev–Trinajstić information content (AvgIpc) is 2.70. The monoisotopic (exact) mass is 257 g/mol. The third-order valence-electron chi connectivity index (χ3n) is 2.92. The van der Waals surface area contributed by atoms with Crippen LogP contribution in [0.4, 0.5) is 0 Å². The van der Waals surface area contributed by atoms with Crippen LogP contribution in [0.25, 0.3) is 0 Å². The Hall–Kier alpha value is -0.310. The summed E-state index contributed by atoms with van der Waals surface area (Å²) in [6.45, 7) is 4.32. The molecule has 0 spiro atoms. The zero-order valence-electron chi connectivity index (χ0n) is 8.72. The van der Waals surface area contributed by atoms with E-state index >= 15 is 0 Å². The van der Waals surface area contributed by atoms with Crippen molar-refractivity contribution in [2.75, 3.05) is 0 Å². The van der Waals surface area contributed by atoms with Gasteiger partial charge in [-0.1, -0.05) is 26.7 Å². The fourth-order valence-electron chi connectivity index (χ4n) is 2.22. The van der Waals surface area contributed by atoms with Crippen molar-refractivity contribution in [1.29, 1.82) is 0 Å². The summed E-state index contributed by atoms with van der Waals surface area (Å²) >= 11 is 3.32. The number of aromatic nitrogens is 1. The van der Waals surface area contributed by atoms with Crippen molar-refractivity contribution < 1.29 is 4.42 Å². The lowest BCUT2D eigenvalue weighted by Gasteiger charge is -2.08. The van der Waals surface area contributed by atoms with Crippen molar-refractivity contribution in [1.82, 2.24) is 4.98 Å². The second kappa shape index (κ2) is 4.05. The molecule has 1 aliphatic rings. The molecule has 0 saturated heterocycles. The smallest absolute Gasteiger partial charge is 0.264 e. The van der Waals surface area contributed by atoms with Crippen molar-refractivity contribution in [3.05, 3.63) is 16.3 Å². The zero-order valence-corrected chi connectivity index (χ0v) is 10.3. The summed E-state index contributed by atoms with van der Waals surface area (Å²) in [5, 5.41) is 0. The lowest BCUT2D eigenvalue weighted by Crippen LogP contribution is -1.98. The number of nitrogens with zero attached hydrogens (tertiary/aromatic N) is 1. The highest BCUT2D eigenvalue weighted by atomic mass is 79.9. The molecular weight excluding hydrogens is 242 g/mol. The Balaban J connectivity index is 2.30. The van der Waals surface area contributed by atoms with Gasteiger partial charge in [-0.25, -0.2) is 4.98 Å². The summed E-state index contributed by atoms with van der Waals surface area (Å²) in [5.74, 6) is 2.15. The van der Waals surface area contributed by atoms with Gasteiger partial charge in [-0.2, -0.15) is 0 Å². The summed E-state index contributed by atoms with van der Waals surface area (Å²) in [5.41, 5.74) is 1.20. The molecule has 0 atom stereocenters. The summed E-state index contributed by atoms with van der Waals surface area (Å²) in [4.78, 5) is 5.11. The topological polar surface area (TPSA) is 26.0 Å². The van der Waals surface area contributed by atoms with Crippen LogP contribution in [0, 0.1) is 0 Å². The first-order valence-electron chi connectivity index (χ1n) is 5.34. The van der Waals surface area contributed by atoms with E-state index in [1.807, 2.05) is 0 Å². The lowest BCUT2D eigenvalue weighted by atomic mass is 9.98. The summed E-state index contributed by atoms with van der Waals surface area (Å²) in [6, 6.07) is 0. The maximum Gasteiger partial charge on any atom is 0.264 e. The molecule has 0 radical (unpaired) electrons. The molecule has 0 aliphatic heterocycles. The van der Waals surface area contributed by atoms with Crippen molar-refractivity contribution in [3.8, 4) is 0 Å². The van der Waals surface area contributed by atoms with Gasteiger partial charge >= 0.3 is 0 Å². The molecule has 0 bridgehead atoms. The van der Waals surface area contributed by atoms with Gasteiger partial charge in [0.15, 0.2) is 0 Å². The van der Waals surface area contributed by atoms with Crippen LogP contribution in [0.15, 0.2) is 9.22 Å². The predicted molar refractivity (Wildman–Crippen MR) is 59.5 cm³/mol. The second-order valence-electron chi connectivity index (χ2n) is 4.35. The second-order valence-corrected chi connectivity index (χ2v) is 5.03. The molecule has 0 aromatic carbocycles. The van der Waals surface area contributed by atoms with Gasteiger partial charge < -0.3 is 4.42 Å². The molecular formula is C11H16BrNO. The quantitative estimate of drug-likeness (QED) is 0.793. The van der Waals surface area contributed by atoms with E-state index in [1.54, 1.807) is 0 Å².